The number of benzene rings is 1. The van der Waals surface area contributed by atoms with Crippen LogP contribution in [0.3, 0.4) is 0 Å². The summed E-state index contributed by atoms with van der Waals surface area (Å²) in [6, 6.07) is 10.2. The van der Waals surface area contributed by atoms with Crippen LogP contribution in [-0.4, -0.2) is 19.1 Å². The van der Waals surface area contributed by atoms with Crippen LogP contribution >= 0.6 is 0 Å². The number of carbonyl (C=O) groups excluding carboxylic acids is 1. The molecule has 108 valence electrons. The molecule has 3 heteroatoms. The van der Waals surface area contributed by atoms with Crippen LogP contribution in [0.15, 0.2) is 54.8 Å². The van der Waals surface area contributed by atoms with Gasteiger partial charge < -0.3 is 10.1 Å². The zero-order valence-electron chi connectivity index (χ0n) is 12.2. The van der Waals surface area contributed by atoms with Crippen LogP contribution < -0.4 is 5.32 Å². The minimum Gasteiger partial charge on any atom is -0.497 e. The van der Waals surface area contributed by atoms with E-state index in [0.29, 0.717) is 19.1 Å². The molecule has 0 atom stereocenters. The predicted octanol–water partition coefficient (Wildman–Crippen LogP) is 3.09. The highest BCUT2D eigenvalue weighted by Crippen LogP contribution is 2.00. The quantitative estimate of drug-likeness (QED) is 0.449. The first-order valence-electron chi connectivity index (χ1n) is 6.93. The molecule has 0 unspecified atom stereocenters. The number of carbonyl (C=O) groups is 1. The highest BCUT2D eigenvalue weighted by Gasteiger charge is 1.96. The zero-order chi connectivity index (χ0) is 14.6. The molecule has 0 spiro atoms. The van der Waals surface area contributed by atoms with Gasteiger partial charge in [-0.3, -0.25) is 4.79 Å². The Morgan fingerprint density at radius 1 is 1.25 bits per heavy atom. The molecule has 1 aromatic rings. The maximum absolute atomic E-state index is 11.3. The SMILES string of the molecule is CC(C)CNC(=O)/C=C/CO/C=C\Cc1ccccc1. The first kappa shape index (κ1) is 16.0. The number of rotatable bonds is 8. The van der Waals surface area contributed by atoms with Crippen molar-refractivity contribution >= 4 is 5.91 Å². The minimum absolute atomic E-state index is 0.0736. The standard InChI is InChI=1S/C17H23NO2/c1-15(2)14-18-17(19)11-7-13-20-12-6-10-16-8-4-3-5-9-16/h3-9,11-12,15H,10,13-14H2,1-2H3,(H,18,19)/b11-7+,12-6-. The van der Waals surface area contributed by atoms with Crippen molar-refractivity contribution in [3.05, 3.63) is 60.4 Å². The highest BCUT2D eigenvalue weighted by atomic mass is 16.5. The highest BCUT2D eigenvalue weighted by molar-refractivity contribution is 5.87. The maximum Gasteiger partial charge on any atom is 0.243 e. The molecule has 1 aromatic carbocycles. The van der Waals surface area contributed by atoms with Gasteiger partial charge >= 0.3 is 0 Å². The summed E-state index contributed by atoms with van der Waals surface area (Å²) in [6.45, 7) is 5.22. The van der Waals surface area contributed by atoms with Crippen LogP contribution in [0.4, 0.5) is 0 Å². The van der Waals surface area contributed by atoms with E-state index in [0.717, 1.165) is 6.42 Å². The van der Waals surface area contributed by atoms with Crippen molar-refractivity contribution in [2.75, 3.05) is 13.2 Å². The van der Waals surface area contributed by atoms with Crippen molar-refractivity contribution in [1.82, 2.24) is 5.32 Å². The first-order valence-corrected chi connectivity index (χ1v) is 6.93. The molecule has 0 bridgehead atoms. The second kappa shape index (κ2) is 9.84. The van der Waals surface area contributed by atoms with E-state index in [4.69, 9.17) is 4.74 Å². The molecule has 0 fully saturated rings. The number of amides is 1. The fraction of sp³-hybridized carbons (Fsp3) is 0.353. The summed E-state index contributed by atoms with van der Waals surface area (Å²) in [7, 11) is 0. The molecule has 20 heavy (non-hydrogen) atoms. The van der Waals surface area contributed by atoms with E-state index in [2.05, 4.69) is 31.3 Å². The van der Waals surface area contributed by atoms with Crippen molar-refractivity contribution in [1.29, 1.82) is 0 Å². The fourth-order valence-electron chi connectivity index (χ4n) is 1.50. The summed E-state index contributed by atoms with van der Waals surface area (Å²) in [4.78, 5) is 11.3. The first-order chi connectivity index (χ1) is 9.68. The number of hydrogen-bond acceptors (Lipinski definition) is 2. The Kier molecular flexibility index (Phi) is 7.89. The number of allylic oxidation sites excluding steroid dienone is 1. The van der Waals surface area contributed by atoms with E-state index < -0.39 is 0 Å². The number of nitrogens with one attached hydrogen (secondary N) is 1. The van der Waals surface area contributed by atoms with Gasteiger partial charge in [0.05, 0.1) is 6.26 Å². The van der Waals surface area contributed by atoms with E-state index in [1.165, 1.54) is 11.6 Å². The van der Waals surface area contributed by atoms with E-state index >= 15 is 0 Å². The molecular weight excluding hydrogens is 250 g/mol. The number of hydrogen-bond donors (Lipinski definition) is 1. The largest absolute Gasteiger partial charge is 0.497 e. The van der Waals surface area contributed by atoms with Crippen LogP contribution in [0.1, 0.15) is 19.4 Å². The second-order valence-corrected chi connectivity index (χ2v) is 4.94. The molecule has 0 aliphatic rings. The van der Waals surface area contributed by atoms with Gasteiger partial charge in [-0.1, -0.05) is 44.2 Å². The molecule has 0 aromatic heterocycles. The lowest BCUT2D eigenvalue weighted by atomic mass is 10.2. The van der Waals surface area contributed by atoms with Crippen LogP contribution in [0.2, 0.25) is 0 Å². The monoisotopic (exact) mass is 273 g/mol. The van der Waals surface area contributed by atoms with E-state index in [9.17, 15) is 4.79 Å². The van der Waals surface area contributed by atoms with Crippen molar-refractivity contribution in [2.24, 2.45) is 5.92 Å². The Labute approximate surface area is 121 Å². The maximum atomic E-state index is 11.3. The van der Waals surface area contributed by atoms with Gasteiger partial charge in [0, 0.05) is 12.6 Å². The Hall–Kier alpha value is -2.03. The van der Waals surface area contributed by atoms with Gasteiger partial charge in [0.2, 0.25) is 5.91 Å². The van der Waals surface area contributed by atoms with E-state index in [1.807, 2.05) is 24.3 Å². The molecule has 1 N–H and O–H groups in total. The van der Waals surface area contributed by atoms with Crippen molar-refractivity contribution < 1.29 is 9.53 Å². The lowest BCUT2D eigenvalue weighted by molar-refractivity contribution is -0.116. The third-order valence-corrected chi connectivity index (χ3v) is 2.54. The molecule has 0 radical (unpaired) electrons. The molecule has 0 saturated carbocycles. The fourth-order valence-corrected chi connectivity index (χ4v) is 1.50. The van der Waals surface area contributed by atoms with Gasteiger partial charge in [0.15, 0.2) is 0 Å². The minimum atomic E-state index is -0.0736. The second-order valence-electron chi connectivity index (χ2n) is 4.94. The molecule has 0 aliphatic carbocycles. The topological polar surface area (TPSA) is 38.3 Å². The number of ether oxygens (including phenoxy) is 1. The van der Waals surface area contributed by atoms with Crippen molar-refractivity contribution in [2.45, 2.75) is 20.3 Å². The lowest BCUT2D eigenvalue weighted by Crippen LogP contribution is -2.25. The van der Waals surface area contributed by atoms with Gasteiger partial charge in [-0.25, -0.2) is 0 Å². The average molecular weight is 273 g/mol. The van der Waals surface area contributed by atoms with Crippen LogP contribution in [0.5, 0.6) is 0 Å². The van der Waals surface area contributed by atoms with Crippen molar-refractivity contribution in [3.63, 3.8) is 0 Å². The Bertz CT molecular complexity index is 436. The van der Waals surface area contributed by atoms with E-state index in [1.54, 1.807) is 12.3 Å². The molecule has 0 aliphatic heterocycles. The Morgan fingerprint density at radius 3 is 2.70 bits per heavy atom. The van der Waals surface area contributed by atoms with Gasteiger partial charge in [-0.05, 0) is 30.1 Å². The molecular formula is C17H23NO2. The van der Waals surface area contributed by atoms with Crippen LogP contribution in [0.25, 0.3) is 0 Å². The molecule has 0 saturated heterocycles. The smallest absolute Gasteiger partial charge is 0.243 e. The van der Waals surface area contributed by atoms with Crippen molar-refractivity contribution in [3.8, 4) is 0 Å². The lowest BCUT2D eigenvalue weighted by Gasteiger charge is -2.04. The normalized spacial score (nSPS) is 11.3. The Morgan fingerprint density at radius 2 is 2.00 bits per heavy atom. The van der Waals surface area contributed by atoms with Crippen LogP contribution in [0, 0.1) is 5.92 Å². The zero-order valence-corrected chi connectivity index (χ0v) is 12.2. The summed E-state index contributed by atoms with van der Waals surface area (Å²) in [5.41, 5.74) is 1.25. The van der Waals surface area contributed by atoms with Gasteiger partial charge in [0.25, 0.3) is 0 Å². The van der Waals surface area contributed by atoms with E-state index in [-0.39, 0.29) is 5.91 Å². The predicted molar refractivity (Wildman–Crippen MR) is 82.2 cm³/mol. The van der Waals surface area contributed by atoms with Gasteiger partial charge in [-0.2, -0.15) is 0 Å². The average Bonchev–Trinajstić information content (AvgIpc) is 2.45. The molecule has 0 heterocycles. The summed E-state index contributed by atoms with van der Waals surface area (Å²) in [5, 5.41) is 2.81. The van der Waals surface area contributed by atoms with Gasteiger partial charge in [0.1, 0.15) is 6.61 Å². The van der Waals surface area contributed by atoms with Crippen LogP contribution in [-0.2, 0) is 16.0 Å². The van der Waals surface area contributed by atoms with Gasteiger partial charge in [-0.15, -0.1) is 0 Å². The molecule has 3 nitrogen and oxygen atoms in total. The summed E-state index contributed by atoms with van der Waals surface area (Å²) in [5.74, 6) is 0.389. The molecule has 1 amide bonds. The summed E-state index contributed by atoms with van der Waals surface area (Å²) < 4.78 is 5.28. The third kappa shape index (κ3) is 8.14. The Balaban J connectivity index is 2.10. The third-order valence-electron chi connectivity index (χ3n) is 2.54. The molecule has 1 rings (SSSR count). The summed E-state index contributed by atoms with van der Waals surface area (Å²) >= 11 is 0. The summed E-state index contributed by atoms with van der Waals surface area (Å²) in [6.07, 6.45) is 7.70.